The number of hydrogen-bond acceptors (Lipinski definition) is 4. The van der Waals surface area contributed by atoms with Gasteiger partial charge < -0.3 is 10.3 Å². The molecule has 0 radical (unpaired) electrons. The van der Waals surface area contributed by atoms with Crippen molar-refractivity contribution in [2.45, 2.75) is 38.5 Å². The molecule has 1 aromatic heterocycles. The first-order valence-electron chi connectivity index (χ1n) is 7.02. The smallest absolute Gasteiger partial charge is 0.258 e. The molecule has 106 valence electrons. The Balaban J connectivity index is 1.86. The van der Waals surface area contributed by atoms with E-state index in [-0.39, 0.29) is 0 Å². The normalized spacial score (nSPS) is 22.9. The van der Waals surface area contributed by atoms with E-state index in [0.29, 0.717) is 17.5 Å². The third-order valence-electron chi connectivity index (χ3n) is 3.91. The Labute approximate surface area is 126 Å². The number of hydrogen-bond donors (Lipinski definition) is 1. The number of benzene rings is 1. The second-order valence-electron chi connectivity index (χ2n) is 5.70. The number of nitrogen functional groups attached to an aromatic ring is 1. The zero-order valence-electron chi connectivity index (χ0n) is 11.5. The summed E-state index contributed by atoms with van der Waals surface area (Å²) < 4.78 is 6.33. The summed E-state index contributed by atoms with van der Waals surface area (Å²) in [5, 5.41) is 4.17. The van der Waals surface area contributed by atoms with E-state index in [0.717, 1.165) is 34.6 Å². The molecule has 2 atom stereocenters. The Hall–Kier alpha value is -1.36. The first-order valence-corrected chi connectivity index (χ1v) is 7.81. The van der Waals surface area contributed by atoms with Crippen molar-refractivity contribution >= 4 is 21.6 Å². The molecule has 2 aromatic rings. The predicted octanol–water partition coefficient (Wildman–Crippen LogP) is 4.38. The van der Waals surface area contributed by atoms with Crippen molar-refractivity contribution in [3.05, 3.63) is 28.5 Å². The van der Waals surface area contributed by atoms with Crippen LogP contribution in [-0.4, -0.2) is 10.1 Å². The Morgan fingerprint density at radius 2 is 2.15 bits per heavy atom. The lowest BCUT2D eigenvalue weighted by Gasteiger charge is -2.23. The minimum absolute atomic E-state index is 0.431. The maximum Gasteiger partial charge on any atom is 0.258 e. The van der Waals surface area contributed by atoms with Gasteiger partial charge in [-0.25, -0.2) is 0 Å². The van der Waals surface area contributed by atoms with E-state index in [4.69, 9.17) is 10.3 Å². The van der Waals surface area contributed by atoms with Crippen LogP contribution in [0.2, 0.25) is 0 Å². The van der Waals surface area contributed by atoms with Gasteiger partial charge in [0, 0.05) is 21.6 Å². The first-order chi connectivity index (χ1) is 9.61. The molecule has 1 aliphatic rings. The molecule has 0 amide bonds. The summed E-state index contributed by atoms with van der Waals surface area (Å²) in [6.45, 7) is 2.29. The average molecular weight is 336 g/mol. The van der Waals surface area contributed by atoms with Crippen LogP contribution in [-0.2, 0) is 0 Å². The lowest BCUT2D eigenvalue weighted by Crippen LogP contribution is -2.12. The Morgan fingerprint density at radius 3 is 2.90 bits per heavy atom. The summed E-state index contributed by atoms with van der Waals surface area (Å²) >= 11 is 3.43. The van der Waals surface area contributed by atoms with Crippen LogP contribution >= 0.6 is 15.9 Å². The van der Waals surface area contributed by atoms with Gasteiger partial charge in [-0.1, -0.05) is 40.9 Å². The highest BCUT2D eigenvalue weighted by Crippen LogP contribution is 2.35. The van der Waals surface area contributed by atoms with Gasteiger partial charge >= 0.3 is 0 Å². The van der Waals surface area contributed by atoms with Crippen LogP contribution in [0.5, 0.6) is 0 Å². The van der Waals surface area contributed by atoms with Crippen molar-refractivity contribution in [3.63, 3.8) is 0 Å². The molecule has 2 N–H and O–H groups in total. The summed E-state index contributed by atoms with van der Waals surface area (Å²) in [6, 6.07) is 5.65. The summed E-state index contributed by atoms with van der Waals surface area (Å²) in [4.78, 5) is 4.57. The molecule has 20 heavy (non-hydrogen) atoms. The van der Waals surface area contributed by atoms with E-state index in [1.54, 1.807) is 0 Å². The molecule has 1 fully saturated rings. The van der Waals surface area contributed by atoms with Crippen LogP contribution in [0.3, 0.4) is 0 Å². The van der Waals surface area contributed by atoms with Gasteiger partial charge in [-0.2, -0.15) is 4.98 Å². The molecule has 3 rings (SSSR count). The lowest BCUT2D eigenvalue weighted by molar-refractivity contribution is 0.324. The van der Waals surface area contributed by atoms with Gasteiger partial charge in [0.15, 0.2) is 5.82 Å². The van der Waals surface area contributed by atoms with Crippen LogP contribution < -0.4 is 5.73 Å². The highest BCUT2D eigenvalue weighted by Gasteiger charge is 2.24. The molecule has 0 aliphatic heterocycles. The van der Waals surface area contributed by atoms with E-state index >= 15 is 0 Å². The predicted molar refractivity (Wildman–Crippen MR) is 82.2 cm³/mol. The highest BCUT2D eigenvalue weighted by molar-refractivity contribution is 9.10. The summed E-state index contributed by atoms with van der Waals surface area (Å²) in [5.74, 6) is 2.56. The molecular formula is C15H18BrN3O. The molecule has 0 spiro atoms. The molecular weight excluding hydrogens is 318 g/mol. The fourth-order valence-corrected chi connectivity index (χ4v) is 3.43. The number of nitrogens with zero attached hydrogens (tertiary/aromatic N) is 2. The fourth-order valence-electron chi connectivity index (χ4n) is 2.92. The number of aromatic nitrogens is 2. The number of rotatable bonds is 2. The highest BCUT2D eigenvalue weighted by atomic mass is 79.9. The zero-order chi connectivity index (χ0) is 14.1. The molecule has 1 heterocycles. The Morgan fingerprint density at radius 1 is 1.30 bits per heavy atom. The minimum Gasteiger partial charge on any atom is -0.399 e. The van der Waals surface area contributed by atoms with Crippen molar-refractivity contribution < 1.29 is 4.52 Å². The van der Waals surface area contributed by atoms with E-state index in [1.807, 2.05) is 18.2 Å². The van der Waals surface area contributed by atoms with Gasteiger partial charge in [-0.05, 0) is 37.0 Å². The third-order valence-corrected chi connectivity index (χ3v) is 4.37. The Kier molecular flexibility index (Phi) is 3.78. The maximum absolute atomic E-state index is 5.84. The number of anilines is 1. The van der Waals surface area contributed by atoms with Crippen LogP contribution in [0.4, 0.5) is 5.69 Å². The molecule has 2 unspecified atom stereocenters. The summed E-state index contributed by atoms with van der Waals surface area (Å²) in [5.41, 5.74) is 7.39. The van der Waals surface area contributed by atoms with Crippen molar-refractivity contribution in [2.24, 2.45) is 5.92 Å². The van der Waals surface area contributed by atoms with Crippen molar-refractivity contribution in [1.29, 1.82) is 0 Å². The van der Waals surface area contributed by atoms with Gasteiger partial charge in [-0.3, -0.25) is 0 Å². The first kappa shape index (κ1) is 13.6. The van der Waals surface area contributed by atoms with Gasteiger partial charge in [0.05, 0.1) is 0 Å². The van der Waals surface area contributed by atoms with Crippen molar-refractivity contribution in [3.8, 4) is 11.5 Å². The third kappa shape index (κ3) is 2.87. The molecule has 4 nitrogen and oxygen atoms in total. The van der Waals surface area contributed by atoms with Crippen LogP contribution in [0.1, 0.15) is 44.3 Å². The van der Waals surface area contributed by atoms with E-state index < -0.39 is 0 Å². The SMILES string of the molecule is CC1CCCC(c2noc(-c3cc(N)cc(Br)c3)n2)C1. The van der Waals surface area contributed by atoms with Crippen molar-refractivity contribution in [1.82, 2.24) is 10.1 Å². The van der Waals surface area contributed by atoms with Crippen LogP contribution in [0.15, 0.2) is 27.2 Å². The number of halogens is 1. The van der Waals surface area contributed by atoms with Crippen LogP contribution in [0.25, 0.3) is 11.5 Å². The standard InChI is InChI=1S/C15H18BrN3O/c1-9-3-2-4-10(5-9)14-18-15(20-19-14)11-6-12(16)8-13(17)7-11/h6-10H,2-5,17H2,1H3. The molecule has 1 aliphatic carbocycles. The Bertz CT molecular complexity index is 591. The van der Waals surface area contributed by atoms with E-state index in [2.05, 4.69) is 33.0 Å². The second-order valence-corrected chi connectivity index (χ2v) is 6.62. The van der Waals surface area contributed by atoms with E-state index in [1.165, 1.54) is 12.8 Å². The second kappa shape index (κ2) is 5.56. The van der Waals surface area contributed by atoms with Gasteiger partial charge in [-0.15, -0.1) is 0 Å². The largest absolute Gasteiger partial charge is 0.399 e. The van der Waals surface area contributed by atoms with E-state index in [9.17, 15) is 0 Å². The summed E-state index contributed by atoms with van der Waals surface area (Å²) in [6.07, 6.45) is 4.87. The van der Waals surface area contributed by atoms with Gasteiger partial charge in [0.1, 0.15) is 0 Å². The minimum atomic E-state index is 0.431. The monoisotopic (exact) mass is 335 g/mol. The fraction of sp³-hybridized carbons (Fsp3) is 0.467. The molecule has 0 saturated heterocycles. The molecule has 1 saturated carbocycles. The van der Waals surface area contributed by atoms with Gasteiger partial charge in [0.25, 0.3) is 5.89 Å². The molecule has 5 heteroatoms. The zero-order valence-corrected chi connectivity index (χ0v) is 13.1. The van der Waals surface area contributed by atoms with Crippen molar-refractivity contribution in [2.75, 3.05) is 5.73 Å². The average Bonchev–Trinajstić information content (AvgIpc) is 2.87. The van der Waals surface area contributed by atoms with Gasteiger partial charge in [0.2, 0.25) is 0 Å². The quantitative estimate of drug-likeness (QED) is 0.827. The van der Waals surface area contributed by atoms with Crippen LogP contribution in [0, 0.1) is 5.92 Å². The summed E-state index contributed by atoms with van der Waals surface area (Å²) in [7, 11) is 0. The number of nitrogens with two attached hydrogens (primary N) is 1. The maximum atomic E-state index is 5.84. The molecule has 1 aromatic carbocycles. The lowest BCUT2D eigenvalue weighted by atomic mass is 9.82. The topological polar surface area (TPSA) is 64.9 Å². The molecule has 0 bridgehead atoms.